The van der Waals surface area contributed by atoms with Gasteiger partial charge in [-0.1, -0.05) is 44.2 Å². The number of carbonyl (C=O) groups is 2. The van der Waals surface area contributed by atoms with Crippen molar-refractivity contribution in [2.45, 2.75) is 70.7 Å². The third-order valence-electron chi connectivity index (χ3n) is 4.34. The smallest absolute Gasteiger partial charge is 0.405 e. The van der Waals surface area contributed by atoms with Crippen LogP contribution in [0.5, 0.6) is 0 Å². The van der Waals surface area contributed by atoms with Crippen LogP contribution < -0.4 is 10.6 Å². The van der Waals surface area contributed by atoms with Gasteiger partial charge in [-0.25, -0.2) is 4.79 Å². The molecule has 5 N–H and O–H groups in total. The molecule has 0 aliphatic heterocycles. The van der Waals surface area contributed by atoms with Crippen molar-refractivity contribution in [1.82, 2.24) is 10.6 Å². The molecule has 0 aliphatic carbocycles. The van der Waals surface area contributed by atoms with Crippen molar-refractivity contribution in [3.05, 3.63) is 35.9 Å². The molecule has 2 amide bonds. The Morgan fingerprint density at radius 2 is 1.70 bits per heavy atom. The fraction of sp³-hybridized carbons (Fsp3) is 0.600. The van der Waals surface area contributed by atoms with Gasteiger partial charge in [-0.3, -0.25) is 4.79 Å². The molecule has 0 saturated carbocycles. The minimum Gasteiger partial charge on any atom is -0.465 e. The number of hydrogen-bond donors (Lipinski definition) is 5. The summed E-state index contributed by atoms with van der Waals surface area (Å²) in [6.07, 6.45) is -1.14. The summed E-state index contributed by atoms with van der Waals surface area (Å²) in [7, 11) is 0. The van der Waals surface area contributed by atoms with Gasteiger partial charge in [0.1, 0.15) is 12.1 Å². The number of aliphatic hydroxyl groups excluding tert-OH is 1. The number of carboxylic acid groups (broad SMARTS) is 1. The van der Waals surface area contributed by atoms with E-state index in [2.05, 4.69) is 10.6 Å². The highest BCUT2D eigenvalue weighted by Crippen LogP contribution is 2.17. The quantitative estimate of drug-likeness (QED) is 0.425. The zero-order valence-corrected chi connectivity index (χ0v) is 16.5. The van der Waals surface area contributed by atoms with Crippen LogP contribution in [0.25, 0.3) is 0 Å². The average Bonchev–Trinajstić information content (AvgIpc) is 2.56. The molecule has 7 nitrogen and oxygen atoms in total. The Morgan fingerprint density at radius 3 is 2.19 bits per heavy atom. The monoisotopic (exact) mass is 380 g/mol. The van der Waals surface area contributed by atoms with Gasteiger partial charge < -0.3 is 26.0 Å². The Bertz CT molecular complexity index is 598. The zero-order valence-electron chi connectivity index (χ0n) is 16.5. The first-order valence-electron chi connectivity index (χ1n) is 9.25. The molecule has 0 aromatic heterocycles. The lowest BCUT2D eigenvalue weighted by Crippen LogP contribution is -2.57. The third kappa shape index (κ3) is 8.41. The van der Waals surface area contributed by atoms with Gasteiger partial charge in [0, 0.05) is 0 Å². The van der Waals surface area contributed by atoms with E-state index in [1.807, 2.05) is 44.2 Å². The first-order chi connectivity index (χ1) is 12.5. The number of hydrogen-bond acceptors (Lipinski definition) is 4. The largest absolute Gasteiger partial charge is 0.465 e. The van der Waals surface area contributed by atoms with E-state index >= 15 is 0 Å². The number of aryl methyl sites for hydroxylation is 1. The predicted molar refractivity (Wildman–Crippen MR) is 103 cm³/mol. The summed E-state index contributed by atoms with van der Waals surface area (Å²) in [6, 6.07) is 7.97. The molecule has 1 aromatic rings. The fourth-order valence-corrected chi connectivity index (χ4v) is 2.90. The van der Waals surface area contributed by atoms with E-state index in [1.54, 1.807) is 0 Å². The Labute approximate surface area is 160 Å². The summed E-state index contributed by atoms with van der Waals surface area (Å²) in [5.41, 5.74) is -0.371. The molecule has 0 saturated heterocycles. The van der Waals surface area contributed by atoms with Crippen molar-refractivity contribution < 1.29 is 24.9 Å². The molecule has 152 valence electrons. The average molecular weight is 380 g/mol. The Balaban J connectivity index is 2.89. The van der Waals surface area contributed by atoms with Crippen LogP contribution in [0.15, 0.2) is 30.3 Å². The number of carbonyl (C=O) groups excluding carboxylic acids is 1. The van der Waals surface area contributed by atoms with Gasteiger partial charge >= 0.3 is 6.09 Å². The maximum Gasteiger partial charge on any atom is 0.405 e. The summed E-state index contributed by atoms with van der Waals surface area (Å²) in [6.45, 7) is 6.73. The SMILES string of the molecule is CC(C)CC(NC(=O)O)C(=O)NC(CCc1ccccc1)C(O)C(C)(C)O. The van der Waals surface area contributed by atoms with E-state index in [0.717, 1.165) is 5.56 Å². The maximum absolute atomic E-state index is 12.6. The van der Waals surface area contributed by atoms with Crippen LogP contribution in [0.1, 0.15) is 46.1 Å². The molecular weight excluding hydrogens is 348 g/mol. The molecule has 1 rings (SSSR count). The molecule has 0 heterocycles. The molecule has 3 unspecified atom stereocenters. The second-order valence-electron chi connectivity index (χ2n) is 7.87. The van der Waals surface area contributed by atoms with E-state index in [4.69, 9.17) is 5.11 Å². The molecule has 0 bridgehead atoms. The number of aliphatic hydroxyl groups is 2. The highest BCUT2D eigenvalue weighted by molar-refractivity contribution is 5.85. The van der Waals surface area contributed by atoms with Crippen LogP contribution in [0.4, 0.5) is 4.79 Å². The Hall–Kier alpha value is -2.12. The third-order valence-corrected chi connectivity index (χ3v) is 4.34. The number of rotatable bonds is 10. The van der Waals surface area contributed by atoms with Crippen molar-refractivity contribution in [3.63, 3.8) is 0 Å². The molecule has 7 heteroatoms. The predicted octanol–water partition coefficient (Wildman–Crippen LogP) is 1.92. The van der Waals surface area contributed by atoms with Gasteiger partial charge in [-0.05, 0) is 44.6 Å². The van der Waals surface area contributed by atoms with Gasteiger partial charge in [-0.2, -0.15) is 0 Å². The normalized spacial score (nSPS) is 15.1. The minimum atomic E-state index is -1.41. The fourth-order valence-electron chi connectivity index (χ4n) is 2.90. The van der Waals surface area contributed by atoms with E-state index in [1.165, 1.54) is 13.8 Å². The molecule has 0 radical (unpaired) electrons. The zero-order chi connectivity index (χ0) is 20.6. The highest BCUT2D eigenvalue weighted by Gasteiger charge is 2.34. The molecule has 0 fully saturated rings. The van der Waals surface area contributed by atoms with Crippen molar-refractivity contribution >= 4 is 12.0 Å². The summed E-state index contributed by atoms with van der Waals surface area (Å²) in [4.78, 5) is 23.6. The van der Waals surface area contributed by atoms with Crippen molar-refractivity contribution in [2.24, 2.45) is 5.92 Å². The van der Waals surface area contributed by atoms with E-state index in [-0.39, 0.29) is 5.92 Å². The second-order valence-corrected chi connectivity index (χ2v) is 7.87. The number of benzene rings is 1. The van der Waals surface area contributed by atoms with Crippen LogP contribution in [-0.4, -0.2) is 51.1 Å². The van der Waals surface area contributed by atoms with Crippen LogP contribution in [0, 0.1) is 5.92 Å². The maximum atomic E-state index is 12.6. The second kappa shape index (κ2) is 10.3. The molecular formula is C20H32N2O5. The first-order valence-corrected chi connectivity index (χ1v) is 9.25. The lowest BCUT2D eigenvalue weighted by Gasteiger charge is -2.33. The summed E-state index contributed by atoms with van der Waals surface area (Å²) in [5.74, 6) is -0.401. The Morgan fingerprint density at radius 1 is 1.11 bits per heavy atom. The molecule has 0 spiro atoms. The van der Waals surface area contributed by atoms with E-state index < -0.39 is 35.8 Å². The van der Waals surface area contributed by atoms with Gasteiger partial charge in [-0.15, -0.1) is 0 Å². The summed E-state index contributed by atoms with van der Waals surface area (Å²) in [5, 5.41) is 34.6. The van der Waals surface area contributed by atoms with E-state index in [9.17, 15) is 19.8 Å². The first kappa shape index (κ1) is 22.9. The van der Waals surface area contributed by atoms with Crippen LogP contribution in [0.3, 0.4) is 0 Å². The minimum absolute atomic E-state index is 0.106. The van der Waals surface area contributed by atoms with Crippen molar-refractivity contribution in [3.8, 4) is 0 Å². The molecule has 27 heavy (non-hydrogen) atoms. The van der Waals surface area contributed by atoms with E-state index in [0.29, 0.717) is 19.3 Å². The number of amides is 2. The lowest BCUT2D eigenvalue weighted by atomic mass is 9.90. The van der Waals surface area contributed by atoms with Crippen LogP contribution in [0.2, 0.25) is 0 Å². The van der Waals surface area contributed by atoms with Crippen LogP contribution in [-0.2, 0) is 11.2 Å². The number of nitrogens with one attached hydrogen (secondary N) is 2. The van der Waals surface area contributed by atoms with Crippen molar-refractivity contribution in [1.29, 1.82) is 0 Å². The molecule has 0 aliphatic rings. The topological polar surface area (TPSA) is 119 Å². The summed E-state index contributed by atoms with van der Waals surface area (Å²) >= 11 is 0. The van der Waals surface area contributed by atoms with Crippen LogP contribution >= 0.6 is 0 Å². The van der Waals surface area contributed by atoms with Gasteiger partial charge in [0.25, 0.3) is 0 Å². The highest BCUT2D eigenvalue weighted by atomic mass is 16.4. The molecule has 1 aromatic carbocycles. The Kier molecular flexibility index (Phi) is 8.72. The lowest BCUT2D eigenvalue weighted by molar-refractivity contribution is -0.127. The van der Waals surface area contributed by atoms with Gasteiger partial charge in [0.2, 0.25) is 5.91 Å². The van der Waals surface area contributed by atoms with Gasteiger partial charge in [0.05, 0.1) is 11.6 Å². The molecule has 3 atom stereocenters. The summed E-state index contributed by atoms with van der Waals surface area (Å²) < 4.78 is 0. The van der Waals surface area contributed by atoms with Gasteiger partial charge in [0.15, 0.2) is 0 Å². The standard InChI is InChI=1S/C20H32N2O5/c1-13(2)12-16(22-19(25)26)18(24)21-15(17(23)20(3,4)27)11-10-14-8-6-5-7-9-14/h5-9,13,15-17,22-23,27H,10-12H2,1-4H3,(H,21,24)(H,25,26). The van der Waals surface area contributed by atoms with Crippen molar-refractivity contribution in [2.75, 3.05) is 0 Å².